The molecule has 0 amide bonds. The molecule has 7 nitrogen and oxygen atoms in total. The zero-order chi connectivity index (χ0) is 18.9. The predicted octanol–water partition coefficient (Wildman–Crippen LogP) is 3.47. The van der Waals surface area contributed by atoms with Crippen LogP contribution in [0.5, 0.6) is 0 Å². The summed E-state index contributed by atoms with van der Waals surface area (Å²) in [5, 5.41) is 7.37. The molecule has 0 bridgehead atoms. The monoisotopic (exact) mass is 381 g/mol. The molecule has 3 aliphatic rings. The van der Waals surface area contributed by atoms with Crippen molar-refractivity contribution in [2.45, 2.75) is 69.5 Å². The number of nitrogens with zero attached hydrogens (tertiary/aromatic N) is 3. The fraction of sp³-hybridized carbons (Fsp3) is 0.571. The van der Waals surface area contributed by atoms with E-state index >= 15 is 0 Å². The summed E-state index contributed by atoms with van der Waals surface area (Å²) in [7, 11) is 0. The number of benzene rings is 1. The molecule has 1 aromatic heterocycles. The number of hydrogen-bond donors (Lipinski definition) is 2. The van der Waals surface area contributed by atoms with E-state index in [9.17, 15) is 0 Å². The standard InChI is InChI=1S/C21H27N5O2/c22-21(24-17-7-3-5-13-4-1-2-6-16(13)17)23-12-15-10-11-18(27-15)20-25-19(26-28-20)14-8-9-14/h3,5,7,14-15,18H,1-2,4,6,8-12H2,(H3,22,23,24)/t15-,18+/m1/s1. The second kappa shape index (κ2) is 7.54. The molecule has 5 rings (SSSR count). The van der Waals surface area contributed by atoms with Crippen LogP contribution in [0.3, 0.4) is 0 Å². The lowest BCUT2D eigenvalue weighted by atomic mass is 9.90. The van der Waals surface area contributed by atoms with Crippen molar-refractivity contribution in [3.63, 3.8) is 0 Å². The summed E-state index contributed by atoms with van der Waals surface area (Å²) in [6, 6.07) is 6.39. The zero-order valence-electron chi connectivity index (χ0n) is 16.1. The van der Waals surface area contributed by atoms with Gasteiger partial charge in [0.25, 0.3) is 5.89 Å². The number of guanidine groups is 1. The summed E-state index contributed by atoms with van der Waals surface area (Å²) in [5.41, 5.74) is 10.0. The second-order valence-electron chi connectivity index (χ2n) is 8.09. The van der Waals surface area contributed by atoms with E-state index < -0.39 is 0 Å². The van der Waals surface area contributed by atoms with Gasteiger partial charge in [0.2, 0.25) is 0 Å². The lowest BCUT2D eigenvalue weighted by molar-refractivity contribution is 0.0309. The molecule has 7 heteroatoms. The molecule has 2 aliphatic carbocycles. The Morgan fingerprint density at radius 1 is 1.18 bits per heavy atom. The summed E-state index contributed by atoms with van der Waals surface area (Å²) >= 11 is 0. The maximum absolute atomic E-state index is 6.15. The van der Waals surface area contributed by atoms with Gasteiger partial charge in [-0.05, 0) is 68.6 Å². The van der Waals surface area contributed by atoms with Gasteiger partial charge < -0.3 is 20.3 Å². The number of nitrogens with two attached hydrogens (primary N) is 1. The molecule has 2 aromatic rings. The average molecular weight is 381 g/mol. The van der Waals surface area contributed by atoms with E-state index in [1.165, 1.54) is 36.8 Å². The van der Waals surface area contributed by atoms with Gasteiger partial charge in [0.15, 0.2) is 11.8 Å². The first-order chi connectivity index (χ1) is 13.8. The third-order valence-electron chi connectivity index (χ3n) is 5.91. The highest BCUT2D eigenvalue weighted by Crippen LogP contribution is 2.39. The van der Waals surface area contributed by atoms with Gasteiger partial charge in [-0.1, -0.05) is 17.3 Å². The molecule has 2 heterocycles. The minimum atomic E-state index is -0.115. The SMILES string of the molecule is NC(=NC[C@H]1CC[C@@H](c2nc(C3CC3)no2)O1)Nc1cccc2c1CCCC2. The van der Waals surface area contributed by atoms with Crippen molar-refractivity contribution in [1.29, 1.82) is 0 Å². The van der Waals surface area contributed by atoms with Crippen molar-refractivity contribution in [2.75, 3.05) is 11.9 Å². The van der Waals surface area contributed by atoms with Crippen LogP contribution in [0.15, 0.2) is 27.7 Å². The van der Waals surface area contributed by atoms with Crippen LogP contribution >= 0.6 is 0 Å². The average Bonchev–Trinajstić information content (AvgIpc) is 3.26. The predicted molar refractivity (Wildman–Crippen MR) is 106 cm³/mol. The van der Waals surface area contributed by atoms with E-state index in [1.54, 1.807) is 0 Å². The third-order valence-corrected chi connectivity index (χ3v) is 5.91. The lowest BCUT2D eigenvalue weighted by Crippen LogP contribution is -2.26. The number of aryl methyl sites for hydroxylation is 1. The molecule has 2 atom stereocenters. The number of hydrogen-bond acceptors (Lipinski definition) is 5. The quantitative estimate of drug-likeness (QED) is 0.608. The molecule has 0 spiro atoms. The first-order valence-electron chi connectivity index (χ1n) is 10.4. The smallest absolute Gasteiger partial charge is 0.255 e. The molecule has 148 valence electrons. The van der Waals surface area contributed by atoms with Gasteiger partial charge in [0.1, 0.15) is 6.10 Å². The van der Waals surface area contributed by atoms with Crippen LogP contribution in [0.2, 0.25) is 0 Å². The van der Waals surface area contributed by atoms with E-state index in [0.717, 1.165) is 37.2 Å². The first kappa shape index (κ1) is 17.7. The summed E-state index contributed by atoms with van der Waals surface area (Å²) < 4.78 is 11.5. The van der Waals surface area contributed by atoms with Crippen LogP contribution in [0.25, 0.3) is 0 Å². The Kier molecular flexibility index (Phi) is 4.76. The van der Waals surface area contributed by atoms with Gasteiger partial charge >= 0.3 is 0 Å². The molecule has 1 saturated carbocycles. The minimum Gasteiger partial charge on any atom is -0.370 e. The van der Waals surface area contributed by atoms with Crippen LogP contribution in [-0.2, 0) is 17.6 Å². The Bertz CT molecular complexity index is 873. The molecule has 2 fully saturated rings. The number of anilines is 1. The molecule has 1 aromatic carbocycles. The molecule has 3 N–H and O–H groups in total. The van der Waals surface area contributed by atoms with Crippen molar-refractivity contribution < 1.29 is 9.26 Å². The third kappa shape index (κ3) is 3.76. The van der Waals surface area contributed by atoms with Crippen molar-refractivity contribution in [3.05, 3.63) is 41.0 Å². The largest absolute Gasteiger partial charge is 0.370 e. The van der Waals surface area contributed by atoms with Crippen molar-refractivity contribution >= 4 is 11.6 Å². The van der Waals surface area contributed by atoms with E-state index in [1.807, 2.05) is 0 Å². The Morgan fingerprint density at radius 3 is 2.96 bits per heavy atom. The van der Waals surface area contributed by atoms with Gasteiger partial charge in [0, 0.05) is 11.6 Å². The van der Waals surface area contributed by atoms with Crippen molar-refractivity contribution in [3.8, 4) is 0 Å². The fourth-order valence-corrected chi connectivity index (χ4v) is 4.18. The number of aliphatic imine (C=N–C) groups is 1. The summed E-state index contributed by atoms with van der Waals surface area (Å²) in [4.78, 5) is 9.02. The Labute approximate surface area is 164 Å². The van der Waals surface area contributed by atoms with Gasteiger partial charge in [-0.25, -0.2) is 0 Å². The Hall–Kier alpha value is -2.41. The van der Waals surface area contributed by atoms with Crippen LogP contribution in [0.4, 0.5) is 5.69 Å². The number of nitrogens with one attached hydrogen (secondary N) is 1. The molecule has 1 saturated heterocycles. The summed E-state index contributed by atoms with van der Waals surface area (Å²) in [6.45, 7) is 0.536. The number of ether oxygens (including phenoxy) is 1. The van der Waals surface area contributed by atoms with Crippen molar-refractivity contribution in [1.82, 2.24) is 10.1 Å². The van der Waals surface area contributed by atoms with E-state index in [-0.39, 0.29) is 12.2 Å². The highest BCUT2D eigenvalue weighted by Gasteiger charge is 2.34. The highest BCUT2D eigenvalue weighted by atomic mass is 16.5. The number of rotatable bonds is 5. The Balaban J connectivity index is 1.17. The first-order valence-corrected chi connectivity index (χ1v) is 10.4. The van der Waals surface area contributed by atoms with Gasteiger partial charge in [0.05, 0.1) is 12.6 Å². The minimum absolute atomic E-state index is 0.0336. The normalized spacial score (nSPS) is 24.9. The highest BCUT2D eigenvalue weighted by molar-refractivity contribution is 5.93. The van der Waals surface area contributed by atoms with Crippen molar-refractivity contribution in [2.24, 2.45) is 10.7 Å². The topological polar surface area (TPSA) is 98.6 Å². The second-order valence-corrected chi connectivity index (χ2v) is 8.09. The fourth-order valence-electron chi connectivity index (χ4n) is 4.18. The van der Waals surface area contributed by atoms with Crippen LogP contribution in [0, 0.1) is 0 Å². The van der Waals surface area contributed by atoms with Gasteiger partial charge in [-0.15, -0.1) is 0 Å². The van der Waals surface area contributed by atoms with E-state index in [2.05, 4.69) is 38.6 Å². The zero-order valence-corrected chi connectivity index (χ0v) is 16.1. The van der Waals surface area contributed by atoms with Gasteiger partial charge in [-0.3, -0.25) is 4.99 Å². The van der Waals surface area contributed by atoms with Crippen LogP contribution in [0.1, 0.15) is 73.4 Å². The summed E-state index contributed by atoms with van der Waals surface area (Å²) in [6.07, 6.45) is 8.80. The number of fused-ring (bicyclic) bond motifs is 1. The van der Waals surface area contributed by atoms with Crippen LogP contribution < -0.4 is 11.1 Å². The summed E-state index contributed by atoms with van der Waals surface area (Å²) in [5.74, 6) is 2.38. The lowest BCUT2D eigenvalue weighted by Gasteiger charge is -2.20. The van der Waals surface area contributed by atoms with Gasteiger partial charge in [-0.2, -0.15) is 4.98 Å². The van der Waals surface area contributed by atoms with Crippen LogP contribution in [-0.4, -0.2) is 28.7 Å². The molecule has 1 aliphatic heterocycles. The molecular formula is C21H27N5O2. The maximum atomic E-state index is 6.15. The molecular weight excluding hydrogens is 354 g/mol. The molecule has 28 heavy (non-hydrogen) atoms. The van der Waals surface area contributed by atoms with E-state index in [4.69, 9.17) is 15.0 Å². The maximum Gasteiger partial charge on any atom is 0.255 e. The number of aromatic nitrogens is 2. The molecule has 0 unspecified atom stereocenters. The molecule has 0 radical (unpaired) electrons. The Morgan fingerprint density at radius 2 is 2.07 bits per heavy atom. The van der Waals surface area contributed by atoms with E-state index in [0.29, 0.717) is 24.3 Å².